The first-order valence-corrected chi connectivity index (χ1v) is 7.46. The Morgan fingerprint density at radius 2 is 1.70 bits per heavy atom. The van der Waals surface area contributed by atoms with Crippen LogP contribution in [0.4, 0.5) is 0 Å². The average Bonchev–Trinajstić information content (AvgIpc) is 2.39. The van der Waals surface area contributed by atoms with Gasteiger partial charge in [-0.15, -0.1) is 0 Å². The van der Waals surface area contributed by atoms with E-state index in [1.165, 1.54) is 17.5 Å². The monoisotopic (exact) mass is 278 g/mol. The van der Waals surface area contributed by atoms with Crippen LogP contribution < -0.4 is 5.32 Å². The van der Waals surface area contributed by atoms with Crippen LogP contribution in [-0.4, -0.2) is 38.7 Å². The molecule has 0 aromatic heterocycles. The van der Waals surface area contributed by atoms with Crippen LogP contribution in [0.2, 0.25) is 0 Å². The van der Waals surface area contributed by atoms with Crippen LogP contribution in [0, 0.1) is 5.92 Å². The molecule has 0 aliphatic carbocycles. The van der Waals surface area contributed by atoms with Gasteiger partial charge in [-0.05, 0) is 37.6 Å². The fraction of sp³-hybridized carbons (Fsp3) is 0.647. The van der Waals surface area contributed by atoms with Crippen molar-refractivity contribution in [1.82, 2.24) is 10.2 Å². The Kier molecular flexibility index (Phi) is 7.82. The third-order valence-corrected chi connectivity index (χ3v) is 3.52. The smallest absolute Gasteiger partial charge is 0.0713 e. The van der Waals surface area contributed by atoms with Crippen molar-refractivity contribution in [3.63, 3.8) is 0 Å². The van der Waals surface area contributed by atoms with Gasteiger partial charge in [0.05, 0.1) is 6.61 Å². The molecular weight excluding hydrogens is 248 g/mol. The number of likely N-dealkylation sites (N-methyl/N-ethyl adjacent to an activating group) is 1. The predicted molar refractivity (Wildman–Crippen MR) is 85.8 cm³/mol. The van der Waals surface area contributed by atoms with E-state index in [1.807, 2.05) is 0 Å². The minimum Gasteiger partial charge on any atom is -0.380 e. The molecule has 3 heteroatoms. The van der Waals surface area contributed by atoms with Crippen molar-refractivity contribution in [2.24, 2.45) is 5.92 Å². The van der Waals surface area contributed by atoms with E-state index < -0.39 is 0 Å². The molecule has 1 unspecified atom stereocenters. The number of benzene rings is 1. The van der Waals surface area contributed by atoms with Gasteiger partial charge in [-0.25, -0.2) is 0 Å². The van der Waals surface area contributed by atoms with Gasteiger partial charge >= 0.3 is 0 Å². The van der Waals surface area contributed by atoms with Crippen molar-refractivity contribution in [2.45, 2.75) is 39.5 Å². The van der Waals surface area contributed by atoms with Gasteiger partial charge in [0, 0.05) is 26.2 Å². The van der Waals surface area contributed by atoms with Gasteiger partial charge in [0.1, 0.15) is 0 Å². The normalized spacial score (nSPS) is 13.2. The maximum Gasteiger partial charge on any atom is 0.0713 e. The van der Waals surface area contributed by atoms with Gasteiger partial charge in [-0.3, -0.25) is 0 Å². The summed E-state index contributed by atoms with van der Waals surface area (Å²) in [6, 6.07) is 9.22. The van der Waals surface area contributed by atoms with E-state index in [0.29, 0.717) is 12.6 Å². The Hall–Kier alpha value is -0.900. The van der Waals surface area contributed by atoms with Gasteiger partial charge < -0.3 is 15.0 Å². The van der Waals surface area contributed by atoms with Gasteiger partial charge in [0.15, 0.2) is 0 Å². The molecule has 0 bridgehead atoms. The molecule has 1 aromatic rings. The largest absolute Gasteiger partial charge is 0.380 e. The van der Waals surface area contributed by atoms with Crippen LogP contribution in [0.1, 0.15) is 31.4 Å². The zero-order chi connectivity index (χ0) is 15.0. The Labute approximate surface area is 124 Å². The summed E-state index contributed by atoms with van der Waals surface area (Å²) in [5.41, 5.74) is 2.55. The Balaban J connectivity index is 2.38. The minimum absolute atomic E-state index is 0.600. The van der Waals surface area contributed by atoms with Gasteiger partial charge in [-0.1, -0.05) is 38.1 Å². The molecule has 3 nitrogen and oxygen atoms in total. The van der Waals surface area contributed by atoms with Crippen molar-refractivity contribution < 1.29 is 4.74 Å². The molecule has 0 saturated heterocycles. The second kappa shape index (κ2) is 9.11. The zero-order valence-electron chi connectivity index (χ0n) is 13.6. The summed E-state index contributed by atoms with van der Waals surface area (Å²) >= 11 is 0. The highest BCUT2D eigenvalue weighted by atomic mass is 16.5. The number of nitrogens with one attached hydrogen (secondary N) is 1. The molecule has 0 aliphatic heterocycles. The molecule has 1 aromatic carbocycles. The second-order valence-electron chi connectivity index (χ2n) is 6.13. The van der Waals surface area contributed by atoms with Crippen LogP contribution in [0.15, 0.2) is 24.3 Å². The van der Waals surface area contributed by atoms with E-state index in [-0.39, 0.29) is 0 Å². The molecule has 114 valence electrons. The van der Waals surface area contributed by atoms with E-state index >= 15 is 0 Å². The van der Waals surface area contributed by atoms with Crippen LogP contribution in [0.3, 0.4) is 0 Å². The molecule has 1 atom stereocenters. The first-order valence-electron chi connectivity index (χ1n) is 7.46. The number of hydrogen-bond donors (Lipinski definition) is 1. The lowest BCUT2D eigenvalue weighted by Gasteiger charge is -2.26. The summed E-state index contributed by atoms with van der Waals surface area (Å²) in [4.78, 5) is 2.31. The Morgan fingerprint density at radius 1 is 1.10 bits per heavy atom. The quantitative estimate of drug-likeness (QED) is 0.751. The van der Waals surface area contributed by atoms with E-state index in [4.69, 9.17) is 4.74 Å². The molecular formula is C17H30N2O. The molecule has 1 rings (SSSR count). The maximum absolute atomic E-state index is 5.12. The second-order valence-corrected chi connectivity index (χ2v) is 6.13. The van der Waals surface area contributed by atoms with Crippen LogP contribution in [-0.2, 0) is 17.9 Å². The Morgan fingerprint density at radius 3 is 2.20 bits per heavy atom. The standard InChI is InChI=1S/C17H30N2O/c1-14(2)10-17(19(3)4)12-18-11-15-6-8-16(9-7-15)13-20-5/h6-9,14,17-18H,10-13H2,1-5H3. The number of hydrogen-bond acceptors (Lipinski definition) is 3. The molecule has 0 amide bonds. The first-order chi connectivity index (χ1) is 9.52. The van der Waals surface area contributed by atoms with Crippen molar-refractivity contribution in [3.05, 3.63) is 35.4 Å². The van der Waals surface area contributed by atoms with Crippen molar-refractivity contribution in [2.75, 3.05) is 27.7 Å². The van der Waals surface area contributed by atoms with E-state index in [0.717, 1.165) is 19.0 Å². The van der Waals surface area contributed by atoms with Crippen LogP contribution >= 0.6 is 0 Å². The SMILES string of the molecule is COCc1ccc(CNCC(CC(C)C)N(C)C)cc1. The van der Waals surface area contributed by atoms with Gasteiger partial charge in [0.25, 0.3) is 0 Å². The molecule has 0 saturated carbocycles. The summed E-state index contributed by atoms with van der Waals surface area (Å²) in [6.07, 6.45) is 1.23. The Bertz CT molecular complexity index is 360. The molecule has 0 fully saturated rings. The lowest BCUT2D eigenvalue weighted by Crippen LogP contribution is -2.38. The van der Waals surface area contributed by atoms with Crippen molar-refractivity contribution in [1.29, 1.82) is 0 Å². The highest BCUT2D eigenvalue weighted by Gasteiger charge is 2.12. The molecule has 0 heterocycles. The van der Waals surface area contributed by atoms with Crippen LogP contribution in [0.5, 0.6) is 0 Å². The van der Waals surface area contributed by atoms with Gasteiger partial charge in [-0.2, -0.15) is 0 Å². The van der Waals surface area contributed by atoms with E-state index in [1.54, 1.807) is 7.11 Å². The predicted octanol–water partition coefficient (Wildman–Crippen LogP) is 2.90. The summed E-state index contributed by atoms with van der Waals surface area (Å²) in [5, 5.41) is 3.57. The summed E-state index contributed by atoms with van der Waals surface area (Å²) in [7, 11) is 6.05. The third kappa shape index (κ3) is 6.51. The van der Waals surface area contributed by atoms with Crippen LogP contribution in [0.25, 0.3) is 0 Å². The number of rotatable bonds is 9. The highest BCUT2D eigenvalue weighted by molar-refractivity contribution is 5.21. The summed E-state index contributed by atoms with van der Waals surface area (Å²) in [5.74, 6) is 0.734. The number of methoxy groups -OCH3 is 1. The fourth-order valence-corrected chi connectivity index (χ4v) is 2.32. The zero-order valence-corrected chi connectivity index (χ0v) is 13.6. The molecule has 0 aliphatic rings. The average molecular weight is 278 g/mol. The third-order valence-electron chi connectivity index (χ3n) is 3.52. The first kappa shape index (κ1) is 17.2. The lowest BCUT2D eigenvalue weighted by molar-refractivity contribution is 0.185. The van der Waals surface area contributed by atoms with Gasteiger partial charge in [0.2, 0.25) is 0 Å². The molecule has 0 spiro atoms. The minimum atomic E-state index is 0.600. The van der Waals surface area contributed by atoms with E-state index in [9.17, 15) is 0 Å². The van der Waals surface area contributed by atoms with E-state index in [2.05, 4.69) is 62.4 Å². The highest BCUT2D eigenvalue weighted by Crippen LogP contribution is 2.09. The van der Waals surface area contributed by atoms with Crippen molar-refractivity contribution in [3.8, 4) is 0 Å². The number of nitrogens with zero attached hydrogens (tertiary/aromatic N) is 1. The number of ether oxygens (including phenoxy) is 1. The summed E-state index contributed by atoms with van der Waals surface area (Å²) < 4.78 is 5.12. The topological polar surface area (TPSA) is 24.5 Å². The fourth-order valence-electron chi connectivity index (χ4n) is 2.32. The molecule has 1 N–H and O–H groups in total. The maximum atomic E-state index is 5.12. The molecule has 20 heavy (non-hydrogen) atoms. The molecule has 0 radical (unpaired) electrons. The lowest BCUT2D eigenvalue weighted by atomic mass is 10.0. The van der Waals surface area contributed by atoms with Crippen molar-refractivity contribution >= 4 is 0 Å². The summed E-state index contributed by atoms with van der Waals surface area (Å²) in [6.45, 7) is 7.21.